The Bertz CT molecular complexity index is 498. The van der Waals surface area contributed by atoms with Gasteiger partial charge in [0.15, 0.2) is 6.29 Å². The Kier molecular flexibility index (Phi) is 6.39. The fourth-order valence-corrected chi connectivity index (χ4v) is 1.85. The molecule has 0 bridgehead atoms. The number of hydrogen-bond donors (Lipinski definition) is 0. The lowest BCUT2D eigenvalue weighted by atomic mass is 10.2. The topological polar surface area (TPSA) is 52.6 Å². The van der Waals surface area contributed by atoms with Crippen molar-refractivity contribution in [2.45, 2.75) is 6.92 Å². The number of halogens is 2. The fraction of sp³-hybridized carbons (Fsp3) is 0.231. The molecule has 0 amide bonds. The van der Waals surface area contributed by atoms with Gasteiger partial charge in [-0.1, -0.05) is 23.2 Å². The standard InChI is InChI=1S/C13H12Cl2O4/c1-2-18-12(17)4-3-5-19-13-9(8-16)6-10(14)7-11(13)15/h3-4,6-8H,2,5H2,1H3/b4-3+. The summed E-state index contributed by atoms with van der Waals surface area (Å²) >= 11 is 11.7. The third-order valence-corrected chi connectivity index (χ3v) is 2.53. The molecule has 0 saturated heterocycles. The van der Waals surface area contributed by atoms with Gasteiger partial charge in [-0.2, -0.15) is 0 Å². The molecule has 0 saturated carbocycles. The summed E-state index contributed by atoms with van der Waals surface area (Å²) in [7, 11) is 0. The van der Waals surface area contributed by atoms with Crippen LogP contribution in [0.15, 0.2) is 24.3 Å². The third kappa shape index (κ3) is 4.93. The van der Waals surface area contributed by atoms with Crippen LogP contribution in [0.2, 0.25) is 10.0 Å². The van der Waals surface area contributed by atoms with Crippen molar-refractivity contribution >= 4 is 35.5 Å². The number of benzene rings is 1. The van der Waals surface area contributed by atoms with Gasteiger partial charge in [-0.25, -0.2) is 4.79 Å². The number of esters is 1. The van der Waals surface area contributed by atoms with Crippen molar-refractivity contribution in [3.05, 3.63) is 39.9 Å². The molecule has 0 aromatic heterocycles. The van der Waals surface area contributed by atoms with E-state index in [0.29, 0.717) is 17.9 Å². The van der Waals surface area contributed by atoms with Crippen LogP contribution in [-0.2, 0) is 9.53 Å². The smallest absolute Gasteiger partial charge is 0.330 e. The average molecular weight is 303 g/mol. The van der Waals surface area contributed by atoms with Gasteiger partial charge in [-0.3, -0.25) is 4.79 Å². The Labute approximate surface area is 120 Å². The molecule has 0 aliphatic carbocycles. The lowest BCUT2D eigenvalue weighted by Gasteiger charge is -2.08. The maximum atomic E-state index is 11.0. The number of carbonyl (C=O) groups excluding carboxylic acids is 2. The number of carbonyl (C=O) groups is 2. The van der Waals surface area contributed by atoms with E-state index in [4.69, 9.17) is 32.7 Å². The first kappa shape index (κ1) is 15.5. The van der Waals surface area contributed by atoms with E-state index in [1.54, 1.807) is 6.92 Å². The summed E-state index contributed by atoms with van der Waals surface area (Å²) in [4.78, 5) is 21.9. The van der Waals surface area contributed by atoms with E-state index in [2.05, 4.69) is 0 Å². The molecule has 0 aliphatic rings. The van der Waals surface area contributed by atoms with Crippen LogP contribution in [0.3, 0.4) is 0 Å². The van der Waals surface area contributed by atoms with Gasteiger partial charge >= 0.3 is 5.97 Å². The summed E-state index contributed by atoms with van der Waals surface area (Å²) in [5.41, 5.74) is 0.252. The largest absolute Gasteiger partial charge is 0.487 e. The highest BCUT2D eigenvalue weighted by molar-refractivity contribution is 6.36. The molecule has 0 fully saturated rings. The zero-order valence-corrected chi connectivity index (χ0v) is 11.7. The van der Waals surface area contributed by atoms with Crippen molar-refractivity contribution < 1.29 is 19.1 Å². The molecule has 6 heteroatoms. The summed E-state index contributed by atoms with van der Waals surface area (Å²) < 4.78 is 10.0. The monoisotopic (exact) mass is 302 g/mol. The lowest BCUT2D eigenvalue weighted by molar-refractivity contribution is -0.137. The predicted molar refractivity (Wildman–Crippen MR) is 73.1 cm³/mol. The van der Waals surface area contributed by atoms with Gasteiger partial charge in [-0.15, -0.1) is 0 Å². The van der Waals surface area contributed by atoms with Gasteiger partial charge in [0, 0.05) is 11.1 Å². The minimum Gasteiger partial charge on any atom is -0.487 e. The van der Waals surface area contributed by atoms with E-state index >= 15 is 0 Å². The number of rotatable bonds is 6. The second-order valence-electron chi connectivity index (χ2n) is 3.39. The molecular weight excluding hydrogens is 291 g/mol. The molecular formula is C13H12Cl2O4. The van der Waals surface area contributed by atoms with E-state index in [0.717, 1.165) is 0 Å². The molecule has 0 spiro atoms. The van der Waals surface area contributed by atoms with Gasteiger partial charge < -0.3 is 9.47 Å². The van der Waals surface area contributed by atoms with Crippen LogP contribution in [0.25, 0.3) is 0 Å². The van der Waals surface area contributed by atoms with E-state index in [9.17, 15) is 9.59 Å². The Morgan fingerprint density at radius 1 is 1.37 bits per heavy atom. The van der Waals surface area contributed by atoms with Crippen molar-refractivity contribution in [1.82, 2.24) is 0 Å². The molecule has 1 aromatic carbocycles. The Hall–Kier alpha value is -1.52. The van der Waals surface area contributed by atoms with Crippen molar-refractivity contribution in [1.29, 1.82) is 0 Å². The molecule has 0 aliphatic heterocycles. The second-order valence-corrected chi connectivity index (χ2v) is 4.23. The average Bonchev–Trinajstić information content (AvgIpc) is 2.36. The number of aldehydes is 1. The first-order valence-electron chi connectivity index (χ1n) is 5.48. The van der Waals surface area contributed by atoms with Gasteiger partial charge in [0.1, 0.15) is 12.4 Å². The van der Waals surface area contributed by atoms with Gasteiger partial charge in [-0.05, 0) is 25.1 Å². The molecule has 0 unspecified atom stereocenters. The second kappa shape index (κ2) is 7.81. The van der Waals surface area contributed by atoms with Crippen LogP contribution in [0, 0.1) is 0 Å². The fourth-order valence-electron chi connectivity index (χ4n) is 1.29. The Morgan fingerprint density at radius 2 is 2.11 bits per heavy atom. The summed E-state index contributed by atoms with van der Waals surface area (Å²) in [5, 5.41) is 0.584. The molecule has 0 N–H and O–H groups in total. The molecule has 0 atom stereocenters. The molecule has 1 aromatic rings. The third-order valence-electron chi connectivity index (χ3n) is 2.03. The minimum absolute atomic E-state index is 0.0843. The highest BCUT2D eigenvalue weighted by Crippen LogP contribution is 2.31. The van der Waals surface area contributed by atoms with Gasteiger partial charge in [0.2, 0.25) is 0 Å². The van der Waals surface area contributed by atoms with E-state index in [-0.39, 0.29) is 22.9 Å². The van der Waals surface area contributed by atoms with Crippen LogP contribution < -0.4 is 4.74 Å². The molecule has 4 nitrogen and oxygen atoms in total. The summed E-state index contributed by atoms with van der Waals surface area (Å²) in [5.74, 6) is -0.224. The summed E-state index contributed by atoms with van der Waals surface area (Å²) in [6.07, 6.45) is 3.31. The molecule has 102 valence electrons. The van der Waals surface area contributed by atoms with Crippen molar-refractivity contribution in [3.8, 4) is 5.75 Å². The molecule has 19 heavy (non-hydrogen) atoms. The van der Waals surface area contributed by atoms with Crippen molar-refractivity contribution in [2.75, 3.05) is 13.2 Å². The predicted octanol–water partition coefficient (Wildman–Crippen LogP) is 3.30. The quantitative estimate of drug-likeness (QED) is 0.459. The highest BCUT2D eigenvalue weighted by atomic mass is 35.5. The van der Waals surface area contributed by atoms with Crippen molar-refractivity contribution in [2.24, 2.45) is 0 Å². The highest BCUT2D eigenvalue weighted by Gasteiger charge is 2.09. The SMILES string of the molecule is CCOC(=O)/C=C/COc1c(Cl)cc(Cl)cc1C=O. The molecule has 0 radical (unpaired) electrons. The van der Waals surface area contributed by atoms with Crippen molar-refractivity contribution in [3.63, 3.8) is 0 Å². The summed E-state index contributed by atoms with van der Waals surface area (Å²) in [6, 6.07) is 2.92. The van der Waals surface area contributed by atoms with Crippen LogP contribution in [-0.4, -0.2) is 25.5 Å². The van der Waals surface area contributed by atoms with Crippen LogP contribution >= 0.6 is 23.2 Å². The van der Waals surface area contributed by atoms with Gasteiger partial charge in [0.25, 0.3) is 0 Å². The first-order valence-corrected chi connectivity index (χ1v) is 6.24. The first-order chi connectivity index (χ1) is 9.08. The normalized spacial score (nSPS) is 10.5. The van der Waals surface area contributed by atoms with Gasteiger partial charge in [0.05, 0.1) is 17.2 Å². The van der Waals surface area contributed by atoms with Crippen LogP contribution in [0.5, 0.6) is 5.75 Å². The van der Waals surface area contributed by atoms with E-state index in [1.807, 2.05) is 0 Å². The zero-order chi connectivity index (χ0) is 14.3. The molecule has 0 heterocycles. The van der Waals surface area contributed by atoms with Crippen LogP contribution in [0.4, 0.5) is 0 Å². The Morgan fingerprint density at radius 3 is 2.74 bits per heavy atom. The van der Waals surface area contributed by atoms with E-state index < -0.39 is 5.97 Å². The lowest BCUT2D eigenvalue weighted by Crippen LogP contribution is -2.02. The maximum Gasteiger partial charge on any atom is 0.330 e. The Balaban J connectivity index is 2.68. The van der Waals surface area contributed by atoms with Crippen LogP contribution in [0.1, 0.15) is 17.3 Å². The number of hydrogen-bond acceptors (Lipinski definition) is 4. The maximum absolute atomic E-state index is 11.0. The zero-order valence-electron chi connectivity index (χ0n) is 10.2. The summed E-state index contributed by atoms with van der Waals surface area (Å²) in [6.45, 7) is 2.11. The molecule has 1 rings (SSSR count). The van der Waals surface area contributed by atoms with E-state index in [1.165, 1.54) is 24.3 Å². The number of ether oxygens (including phenoxy) is 2. The minimum atomic E-state index is -0.455.